The number of alkyl halides is 3. The zero-order valence-electron chi connectivity index (χ0n) is 21.0. The zero-order valence-corrected chi connectivity index (χ0v) is 21.0. The average molecular weight is 533 g/mol. The molecule has 1 aromatic carbocycles. The molecule has 1 saturated heterocycles. The van der Waals surface area contributed by atoms with Gasteiger partial charge in [0.1, 0.15) is 28.5 Å². The maximum absolute atomic E-state index is 13.2. The van der Waals surface area contributed by atoms with Crippen LogP contribution in [-0.2, 0) is 10.9 Å². The highest BCUT2D eigenvalue weighted by molar-refractivity contribution is 5.95. The molecule has 1 aliphatic rings. The van der Waals surface area contributed by atoms with Crippen LogP contribution in [0.3, 0.4) is 0 Å². The minimum absolute atomic E-state index is 0.127. The summed E-state index contributed by atoms with van der Waals surface area (Å²) in [6, 6.07) is 9.53. The molecule has 0 radical (unpaired) electrons. The van der Waals surface area contributed by atoms with E-state index in [1.165, 1.54) is 15.9 Å². The molecule has 0 unspecified atom stereocenters. The fourth-order valence-corrected chi connectivity index (χ4v) is 3.95. The molecule has 3 heterocycles. The summed E-state index contributed by atoms with van der Waals surface area (Å²) in [5, 5.41) is 10.5. The molecule has 12 heteroatoms. The van der Waals surface area contributed by atoms with Gasteiger partial charge in [-0.2, -0.15) is 13.2 Å². The summed E-state index contributed by atoms with van der Waals surface area (Å²) in [5.41, 5.74) is -0.986. The fraction of sp³-hybridized carbons (Fsp3) is 0.385. The second kappa shape index (κ2) is 10.4. The van der Waals surface area contributed by atoms with Crippen LogP contribution in [0.4, 0.5) is 18.0 Å². The first kappa shape index (κ1) is 27.1. The summed E-state index contributed by atoms with van der Waals surface area (Å²) in [7, 11) is 0. The number of aromatic nitrogens is 2. The molecule has 0 aliphatic carbocycles. The number of rotatable bonds is 4. The van der Waals surface area contributed by atoms with Crippen molar-refractivity contribution in [2.24, 2.45) is 0 Å². The maximum atomic E-state index is 13.2. The van der Waals surface area contributed by atoms with E-state index in [0.717, 1.165) is 12.3 Å². The first-order valence-corrected chi connectivity index (χ1v) is 11.9. The van der Waals surface area contributed by atoms with Crippen LogP contribution in [-0.4, -0.2) is 74.8 Å². The van der Waals surface area contributed by atoms with Crippen molar-refractivity contribution in [3.05, 3.63) is 60.0 Å². The lowest BCUT2D eigenvalue weighted by molar-refractivity contribution is -0.141. The Morgan fingerprint density at radius 2 is 1.79 bits per heavy atom. The third-order valence-corrected chi connectivity index (χ3v) is 5.75. The van der Waals surface area contributed by atoms with E-state index in [4.69, 9.17) is 9.47 Å². The summed E-state index contributed by atoms with van der Waals surface area (Å²) >= 11 is 0. The number of benzene rings is 1. The average Bonchev–Trinajstić information content (AvgIpc) is 2.86. The minimum Gasteiger partial charge on any atom is -0.456 e. The topological polar surface area (TPSA) is 105 Å². The molecule has 3 aromatic rings. The first-order valence-electron chi connectivity index (χ1n) is 11.9. The molecule has 2 amide bonds. The Kier molecular flexibility index (Phi) is 7.45. The fourth-order valence-electron chi connectivity index (χ4n) is 3.95. The standard InChI is InChI=1S/C26H27F3N4O5/c1-25(2,3)38-24(36)33-11-10-32(14-17(33)15-34)23(35)21-7-4-16-12-18(5-8-20(16)31-21)37-19-6-9-22(30-13-19)26(27,28)29/h4-9,12-13,17,34H,10-11,14-15H2,1-3H3/t17-/m0/s1. The SMILES string of the molecule is CC(C)(C)OC(=O)N1CCN(C(=O)c2ccc3cc(Oc4ccc(C(F)(F)F)nc4)ccc3n2)C[C@H]1CO. The quantitative estimate of drug-likeness (QED) is 0.528. The molecular weight excluding hydrogens is 505 g/mol. The highest BCUT2D eigenvalue weighted by atomic mass is 19.4. The van der Waals surface area contributed by atoms with Gasteiger partial charge in [-0.05, 0) is 57.2 Å². The van der Waals surface area contributed by atoms with Gasteiger partial charge in [0.25, 0.3) is 5.91 Å². The Labute approximate surface area is 216 Å². The lowest BCUT2D eigenvalue weighted by Crippen LogP contribution is -2.58. The second-order valence-corrected chi connectivity index (χ2v) is 9.79. The first-order chi connectivity index (χ1) is 17.8. The Bertz CT molecular complexity index is 1330. The maximum Gasteiger partial charge on any atom is 0.433 e. The predicted octanol–water partition coefficient (Wildman–Crippen LogP) is 4.49. The second-order valence-electron chi connectivity index (χ2n) is 9.79. The van der Waals surface area contributed by atoms with E-state index in [2.05, 4.69) is 9.97 Å². The summed E-state index contributed by atoms with van der Waals surface area (Å²) in [5.74, 6) is 0.162. The number of amides is 2. The van der Waals surface area contributed by atoms with Gasteiger partial charge >= 0.3 is 12.3 Å². The number of carbonyl (C=O) groups is 2. The van der Waals surface area contributed by atoms with Gasteiger partial charge < -0.3 is 19.5 Å². The van der Waals surface area contributed by atoms with Crippen molar-refractivity contribution in [1.29, 1.82) is 0 Å². The van der Waals surface area contributed by atoms with Crippen molar-refractivity contribution < 1.29 is 37.3 Å². The summed E-state index contributed by atoms with van der Waals surface area (Å²) in [6.07, 6.45) is -4.08. The van der Waals surface area contributed by atoms with Crippen molar-refractivity contribution in [1.82, 2.24) is 19.8 Å². The number of hydrogen-bond donors (Lipinski definition) is 1. The van der Waals surface area contributed by atoms with Gasteiger partial charge in [-0.3, -0.25) is 9.69 Å². The molecule has 38 heavy (non-hydrogen) atoms. The van der Waals surface area contributed by atoms with E-state index in [0.29, 0.717) is 16.7 Å². The number of piperazine rings is 1. The Hall–Kier alpha value is -3.93. The molecular formula is C26H27F3N4O5. The zero-order chi connectivity index (χ0) is 27.7. The summed E-state index contributed by atoms with van der Waals surface area (Å²) in [6.45, 7) is 5.52. The van der Waals surface area contributed by atoms with Crippen molar-refractivity contribution in [3.8, 4) is 11.5 Å². The molecule has 0 spiro atoms. The monoisotopic (exact) mass is 532 g/mol. The van der Waals surface area contributed by atoms with Crippen LogP contribution in [0, 0.1) is 0 Å². The van der Waals surface area contributed by atoms with Crippen LogP contribution in [0.2, 0.25) is 0 Å². The Morgan fingerprint density at radius 1 is 1.05 bits per heavy atom. The van der Waals surface area contributed by atoms with Crippen molar-refractivity contribution in [2.75, 3.05) is 26.2 Å². The van der Waals surface area contributed by atoms with E-state index >= 15 is 0 Å². The molecule has 1 atom stereocenters. The molecule has 202 valence electrons. The van der Waals surface area contributed by atoms with E-state index < -0.39 is 29.6 Å². The van der Waals surface area contributed by atoms with E-state index in [1.54, 1.807) is 51.1 Å². The minimum atomic E-state index is -4.53. The molecule has 2 aromatic heterocycles. The van der Waals surface area contributed by atoms with Crippen LogP contribution in [0.5, 0.6) is 11.5 Å². The van der Waals surface area contributed by atoms with Gasteiger partial charge in [0, 0.05) is 25.0 Å². The van der Waals surface area contributed by atoms with Gasteiger partial charge in [0.2, 0.25) is 0 Å². The Morgan fingerprint density at radius 3 is 2.42 bits per heavy atom. The van der Waals surface area contributed by atoms with Gasteiger partial charge in [-0.15, -0.1) is 0 Å². The number of pyridine rings is 2. The molecule has 9 nitrogen and oxygen atoms in total. The molecule has 4 rings (SSSR count). The van der Waals surface area contributed by atoms with Crippen molar-refractivity contribution in [3.63, 3.8) is 0 Å². The number of halogens is 3. The third kappa shape index (κ3) is 6.31. The number of fused-ring (bicyclic) bond motifs is 1. The predicted molar refractivity (Wildman–Crippen MR) is 131 cm³/mol. The van der Waals surface area contributed by atoms with Gasteiger partial charge in [0.15, 0.2) is 0 Å². The van der Waals surface area contributed by atoms with Gasteiger partial charge in [0.05, 0.1) is 24.4 Å². The van der Waals surface area contributed by atoms with Gasteiger partial charge in [-0.1, -0.05) is 6.07 Å². The van der Waals surface area contributed by atoms with Crippen LogP contribution < -0.4 is 4.74 Å². The molecule has 0 bridgehead atoms. The molecule has 1 fully saturated rings. The number of aliphatic hydroxyl groups excluding tert-OH is 1. The Balaban J connectivity index is 1.44. The normalized spacial score (nSPS) is 16.4. The van der Waals surface area contributed by atoms with Crippen LogP contribution in [0.1, 0.15) is 37.0 Å². The smallest absolute Gasteiger partial charge is 0.433 e. The third-order valence-electron chi connectivity index (χ3n) is 5.75. The highest BCUT2D eigenvalue weighted by Crippen LogP contribution is 2.30. The van der Waals surface area contributed by atoms with E-state index in [9.17, 15) is 27.9 Å². The van der Waals surface area contributed by atoms with Crippen LogP contribution >= 0.6 is 0 Å². The summed E-state index contributed by atoms with van der Waals surface area (Å²) in [4.78, 5) is 36.4. The van der Waals surface area contributed by atoms with E-state index in [1.807, 2.05) is 0 Å². The largest absolute Gasteiger partial charge is 0.456 e. The van der Waals surface area contributed by atoms with E-state index in [-0.39, 0.29) is 43.6 Å². The summed E-state index contributed by atoms with van der Waals surface area (Å²) < 4.78 is 49.1. The van der Waals surface area contributed by atoms with Crippen LogP contribution in [0.25, 0.3) is 10.9 Å². The lowest BCUT2D eigenvalue weighted by atomic mass is 10.1. The van der Waals surface area contributed by atoms with Crippen molar-refractivity contribution in [2.45, 2.75) is 38.6 Å². The number of ether oxygens (including phenoxy) is 2. The number of aliphatic hydroxyl groups is 1. The number of nitrogens with zero attached hydrogens (tertiary/aromatic N) is 4. The number of carbonyl (C=O) groups excluding carboxylic acids is 2. The highest BCUT2D eigenvalue weighted by Gasteiger charge is 2.35. The van der Waals surface area contributed by atoms with Crippen molar-refractivity contribution >= 4 is 22.9 Å². The molecule has 0 saturated carbocycles. The molecule has 1 aliphatic heterocycles. The number of hydrogen-bond acceptors (Lipinski definition) is 7. The lowest BCUT2D eigenvalue weighted by Gasteiger charge is -2.40. The molecule has 1 N–H and O–H groups in total. The van der Waals surface area contributed by atoms with Crippen LogP contribution in [0.15, 0.2) is 48.7 Å². The van der Waals surface area contributed by atoms with Gasteiger partial charge in [-0.25, -0.2) is 14.8 Å².